The second-order valence-electron chi connectivity index (χ2n) is 5.97. The molecule has 1 aromatic heterocycles. The van der Waals surface area contributed by atoms with Gasteiger partial charge in [0, 0.05) is 30.3 Å². The number of aryl methyl sites for hydroxylation is 1. The minimum absolute atomic E-state index is 0.0337. The van der Waals surface area contributed by atoms with E-state index in [-0.39, 0.29) is 18.1 Å². The Bertz CT molecular complexity index is 749. The topological polar surface area (TPSA) is 88.2 Å². The first-order chi connectivity index (χ1) is 12.0. The van der Waals surface area contributed by atoms with Crippen LogP contribution in [-0.2, 0) is 7.05 Å². The Labute approximate surface area is 147 Å². The lowest BCUT2D eigenvalue weighted by molar-refractivity contribution is 0.255. The molecule has 2 rings (SSSR count). The normalized spacial score (nSPS) is 12.0. The summed E-state index contributed by atoms with van der Waals surface area (Å²) in [6.45, 7) is 2.55. The summed E-state index contributed by atoms with van der Waals surface area (Å²) in [5.41, 5.74) is 2.10. The smallest absolute Gasteiger partial charge is 0.266 e. The van der Waals surface area contributed by atoms with Crippen LogP contribution in [-0.4, -0.2) is 33.8 Å². The van der Waals surface area contributed by atoms with Crippen molar-refractivity contribution in [3.05, 3.63) is 46.8 Å². The summed E-state index contributed by atoms with van der Waals surface area (Å²) < 4.78 is 7.01. The molecule has 0 saturated carbocycles. The van der Waals surface area contributed by atoms with Crippen LogP contribution in [0.2, 0.25) is 0 Å². The number of aromatic nitrogens is 2. The number of nitrogens with zero attached hydrogens (tertiary/aromatic N) is 2. The average molecular weight is 343 g/mol. The first kappa shape index (κ1) is 18.9. The van der Waals surface area contributed by atoms with Gasteiger partial charge < -0.3 is 15.3 Å². The van der Waals surface area contributed by atoms with Gasteiger partial charge in [-0.2, -0.15) is 5.10 Å². The molecule has 0 radical (unpaired) electrons. The van der Waals surface area contributed by atoms with Crippen LogP contribution in [0, 0.1) is 11.3 Å². The minimum atomic E-state index is -0.138. The van der Waals surface area contributed by atoms with E-state index < -0.39 is 0 Å². The fourth-order valence-corrected chi connectivity index (χ4v) is 2.52. The summed E-state index contributed by atoms with van der Waals surface area (Å²) in [5.74, 6) is 0.725. The molecule has 0 bridgehead atoms. The van der Waals surface area contributed by atoms with E-state index in [0.29, 0.717) is 18.7 Å². The number of hydrogen-bond donors (Lipinski definition) is 2. The van der Waals surface area contributed by atoms with Crippen LogP contribution in [0.4, 0.5) is 0 Å². The van der Waals surface area contributed by atoms with Crippen molar-refractivity contribution in [2.75, 3.05) is 13.2 Å². The van der Waals surface area contributed by atoms with Crippen LogP contribution >= 0.6 is 0 Å². The zero-order chi connectivity index (χ0) is 18.2. The number of rotatable bonds is 9. The largest absolute Gasteiger partial charge is 0.494 e. The Hall–Kier alpha value is -2.47. The molecule has 0 spiro atoms. The van der Waals surface area contributed by atoms with Crippen LogP contribution in [0.15, 0.2) is 41.2 Å². The molecule has 0 aliphatic rings. The molecule has 6 heteroatoms. The quantitative estimate of drug-likeness (QED) is 0.541. The standard InChI is InChI=1S/C19H25N3O3/c1-3-14(13-23)17(20)5-4-12-25-16-8-6-15(7-9-16)18-10-11-19(24)22(2)21-18/h6-11,14,20,23H,3-5,12-13H2,1-2H3/t14-/m1/s1. The Morgan fingerprint density at radius 1 is 1.28 bits per heavy atom. The molecular formula is C19H25N3O3. The monoisotopic (exact) mass is 343 g/mol. The van der Waals surface area contributed by atoms with Crippen molar-refractivity contribution in [2.45, 2.75) is 26.2 Å². The van der Waals surface area contributed by atoms with Gasteiger partial charge in [-0.25, -0.2) is 4.68 Å². The van der Waals surface area contributed by atoms with E-state index in [0.717, 1.165) is 29.8 Å². The van der Waals surface area contributed by atoms with Gasteiger partial charge >= 0.3 is 0 Å². The molecule has 134 valence electrons. The predicted octanol–water partition coefficient (Wildman–Crippen LogP) is 2.64. The van der Waals surface area contributed by atoms with E-state index in [2.05, 4.69) is 5.10 Å². The van der Waals surface area contributed by atoms with Gasteiger partial charge in [0.1, 0.15) is 5.75 Å². The molecule has 1 atom stereocenters. The first-order valence-corrected chi connectivity index (χ1v) is 8.51. The highest BCUT2D eigenvalue weighted by Gasteiger charge is 2.10. The van der Waals surface area contributed by atoms with Gasteiger partial charge in [-0.3, -0.25) is 4.79 Å². The molecule has 0 unspecified atom stereocenters. The van der Waals surface area contributed by atoms with Crippen LogP contribution in [0.3, 0.4) is 0 Å². The van der Waals surface area contributed by atoms with E-state index in [1.54, 1.807) is 13.1 Å². The van der Waals surface area contributed by atoms with E-state index in [1.807, 2.05) is 31.2 Å². The summed E-state index contributed by atoms with van der Waals surface area (Å²) in [7, 11) is 1.63. The molecule has 0 amide bonds. The Morgan fingerprint density at radius 2 is 2.00 bits per heavy atom. The molecule has 2 N–H and O–H groups in total. The predicted molar refractivity (Wildman–Crippen MR) is 98.2 cm³/mol. The first-order valence-electron chi connectivity index (χ1n) is 8.51. The molecule has 25 heavy (non-hydrogen) atoms. The molecule has 0 fully saturated rings. The zero-order valence-corrected chi connectivity index (χ0v) is 14.7. The molecule has 0 aliphatic carbocycles. The van der Waals surface area contributed by atoms with E-state index in [9.17, 15) is 9.90 Å². The van der Waals surface area contributed by atoms with E-state index >= 15 is 0 Å². The van der Waals surface area contributed by atoms with Gasteiger partial charge in [-0.15, -0.1) is 0 Å². The summed E-state index contributed by atoms with van der Waals surface area (Å²) in [5, 5.41) is 21.3. The number of aliphatic hydroxyl groups is 1. The van der Waals surface area contributed by atoms with Crippen molar-refractivity contribution in [3.63, 3.8) is 0 Å². The van der Waals surface area contributed by atoms with Gasteiger partial charge in [0.15, 0.2) is 0 Å². The summed E-state index contributed by atoms with van der Waals surface area (Å²) in [4.78, 5) is 11.4. The van der Waals surface area contributed by atoms with Crippen molar-refractivity contribution in [1.29, 1.82) is 5.41 Å². The van der Waals surface area contributed by atoms with E-state index in [4.69, 9.17) is 10.1 Å². The third-order valence-corrected chi connectivity index (χ3v) is 4.18. The fraction of sp³-hybridized carbons (Fsp3) is 0.421. The molecule has 0 saturated heterocycles. The third-order valence-electron chi connectivity index (χ3n) is 4.18. The molecule has 1 heterocycles. The van der Waals surface area contributed by atoms with Crippen LogP contribution < -0.4 is 10.3 Å². The second kappa shape index (κ2) is 9.13. The highest BCUT2D eigenvalue weighted by Crippen LogP contribution is 2.20. The van der Waals surface area contributed by atoms with Gasteiger partial charge in [0.25, 0.3) is 5.56 Å². The Kier molecular flexibility index (Phi) is 6.89. The summed E-state index contributed by atoms with van der Waals surface area (Å²) >= 11 is 0. The number of benzene rings is 1. The Balaban J connectivity index is 1.85. The van der Waals surface area contributed by atoms with Crippen LogP contribution in [0.1, 0.15) is 26.2 Å². The highest BCUT2D eigenvalue weighted by atomic mass is 16.5. The Morgan fingerprint density at radius 3 is 2.60 bits per heavy atom. The number of hydrogen-bond acceptors (Lipinski definition) is 5. The van der Waals surface area contributed by atoms with Crippen molar-refractivity contribution in [1.82, 2.24) is 9.78 Å². The van der Waals surface area contributed by atoms with Crippen molar-refractivity contribution >= 4 is 5.71 Å². The summed E-state index contributed by atoms with van der Waals surface area (Å²) in [6.07, 6.45) is 2.18. The fourth-order valence-electron chi connectivity index (χ4n) is 2.52. The number of ether oxygens (including phenoxy) is 1. The molecule has 1 aromatic carbocycles. The van der Waals surface area contributed by atoms with Crippen molar-refractivity contribution in [2.24, 2.45) is 13.0 Å². The maximum atomic E-state index is 11.4. The number of aliphatic hydroxyl groups excluding tert-OH is 1. The second-order valence-corrected chi connectivity index (χ2v) is 5.97. The molecule has 2 aromatic rings. The average Bonchev–Trinajstić information content (AvgIpc) is 2.62. The van der Waals surface area contributed by atoms with E-state index in [1.165, 1.54) is 10.7 Å². The van der Waals surface area contributed by atoms with Crippen LogP contribution in [0.25, 0.3) is 11.3 Å². The minimum Gasteiger partial charge on any atom is -0.494 e. The number of nitrogens with one attached hydrogen (secondary N) is 1. The van der Waals surface area contributed by atoms with Gasteiger partial charge in [-0.05, 0) is 49.6 Å². The highest BCUT2D eigenvalue weighted by molar-refractivity contribution is 5.83. The lowest BCUT2D eigenvalue weighted by Gasteiger charge is -2.13. The van der Waals surface area contributed by atoms with Gasteiger partial charge in [-0.1, -0.05) is 6.92 Å². The summed E-state index contributed by atoms with van der Waals surface area (Å²) in [6, 6.07) is 10.8. The third kappa shape index (κ3) is 5.26. The molecule has 0 aliphatic heterocycles. The van der Waals surface area contributed by atoms with Gasteiger partial charge in [0.2, 0.25) is 0 Å². The van der Waals surface area contributed by atoms with Crippen molar-refractivity contribution in [3.8, 4) is 17.0 Å². The zero-order valence-electron chi connectivity index (χ0n) is 14.7. The maximum Gasteiger partial charge on any atom is 0.266 e. The van der Waals surface area contributed by atoms with Crippen molar-refractivity contribution < 1.29 is 9.84 Å². The SMILES string of the molecule is CC[C@H](CO)C(=N)CCCOc1ccc(-c2ccc(=O)n(C)n2)cc1. The van der Waals surface area contributed by atoms with Crippen LogP contribution in [0.5, 0.6) is 5.75 Å². The maximum absolute atomic E-state index is 11.4. The lowest BCUT2D eigenvalue weighted by atomic mass is 9.98. The lowest BCUT2D eigenvalue weighted by Crippen LogP contribution is -2.18. The molecular weight excluding hydrogens is 318 g/mol. The van der Waals surface area contributed by atoms with Gasteiger partial charge in [0.05, 0.1) is 18.9 Å². The molecule has 6 nitrogen and oxygen atoms in total.